The number of hydrogen-bond donors (Lipinski definition) is 1. The second-order valence-corrected chi connectivity index (χ2v) is 4.70. The zero-order chi connectivity index (χ0) is 12.1. The fourth-order valence-electron chi connectivity index (χ4n) is 1.66. The third-order valence-corrected chi connectivity index (χ3v) is 3.52. The van der Waals surface area contributed by atoms with E-state index in [1.807, 2.05) is 18.5 Å². The molecule has 2 aromatic rings. The average molecular weight is 244 g/mol. The molecule has 0 bridgehead atoms. The summed E-state index contributed by atoms with van der Waals surface area (Å²) < 4.78 is 0. The molecule has 0 aliphatic heterocycles. The molecule has 0 amide bonds. The number of anilines is 1. The van der Waals surface area contributed by atoms with Gasteiger partial charge in [-0.3, -0.25) is 4.98 Å². The smallest absolute Gasteiger partial charge is 0.0480 e. The van der Waals surface area contributed by atoms with Gasteiger partial charge >= 0.3 is 0 Å². The zero-order valence-corrected chi connectivity index (χ0v) is 10.9. The van der Waals surface area contributed by atoms with Crippen LogP contribution in [-0.2, 0) is 6.54 Å². The highest BCUT2D eigenvalue weighted by Crippen LogP contribution is 2.25. The van der Waals surface area contributed by atoms with E-state index in [0.29, 0.717) is 0 Å². The highest BCUT2D eigenvalue weighted by molar-refractivity contribution is 7.98. The van der Waals surface area contributed by atoms with Crippen molar-refractivity contribution < 1.29 is 0 Å². The van der Waals surface area contributed by atoms with Gasteiger partial charge in [0.1, 0.15) is 0 Å². The first-order chi connectivity index (χ1) is 8.31. The van der Waals surface area contributed by atoms with E-state index in [4.69, 9.17) is 0 Å². The Hall–Kier alpha value is -1.48. The van der Waals surface area contributed by atoms with Gasteiger partial charge in [0.15, 0.2) is 0 Å². The van der Waals surface area contributed by atoms with Gasteiger partial charge in [0.05, 0.1) is 0 Å². The lowest BCUT2D eigenvalue weighted by molar-refractivity contribution is 1.07. The molecule has 17 heavy (non-hydrogen) atoms. The Bertz CT molecular complexity index is 497. The Morgan fingerprint density at radius 2 is 2.06 bits per heavy atom. The van der Waals surface area contributed by atoms with Crippen LogP contribution in [-0.4, -0.2) is 11.2 Å². The van der Waals surface area contributed by atoms with Crippen molar-refractivity contribution >= 4 is 17.4 Å². The third kappa shape index (κ3) is 3.01. The van der Waals surface area contributed by atoms with Gasteiger partial charge in [-0.1, -0.05) is 12.1 Å². The van der Waals surface area contributed by atoms with Gasteiger partial charge in [0.2, 0.25) is 0 Å². The van der Waals surface area contributed by atoms with E-state index < -0.39 is 0 Å². The molecule has 1 aromatic carbocycles. The summed E-state index contributed by atoms with van der Waals surface area (Å²) in [7, 11) is 0. The maximum atomic E-state index is 4.16. The molecular formula is C14H16N2S. The molecule has 1 aromatic heterocycles. The maximum Gasteiger partial charge on any atom is 0.0480 e. The number of rotatable bonds is 4. The topological polar surface area (TPSA) is 24.9 Å². The molecule has 0 atom stereocenters. The third-order valence-electron chi connectivity index (χ3n) is 2.72. The average Bonchev–Trinajstić information content (AvgIpc) is 2.38. The summed E-state index contributed by atoms with van der Waals surface area (Å²) in [4.78, 5) is 5.43. The van der Waals surface area contributed by atoms with Crippen LogP contribution in [0.5, 0.6) is 0 Å². The van der Waals surface area contributed by atoms with Crippen molar-refractivity contribution in [3.63, 3.8) is 0 Å². The summed E-state index contributed by atoms with van der Waals surface area (Å²) in [6, 6.07) is 10.4. The van der Waals surface area contributed by atoms with Gasteiger partial charge in [0.25, 0.3) is 0 Å². The number of aryl methyl sites for hydroxylation is 1. The molecule has 0 aliphatic rings. The van der Waals surface area contributed by atoms with E-state index in [0.717, 1.165) is 6.54 Å². The van der Waals surface area contributed by atoms with E-state index in [1.165, 1.54) is 21.7 Å². The van der Waals surface area contributed by atoms with Crippen LogP contribution in [0.1, 0.15) is 11.1 Å². The normalized spacial score (nSPS) is 10.2. The molecule has 0 spiro atoms. The predicted molar refractivity (Wildman–Crippen MR) is 74.5 cm³/mol. The second-order valence-electron chi connectivity index (χ2n) is 3.86. The molecule has 0 aliphatic carbocycles. The molecular weight excluding hydrogens is 228 g/mol. The number of pyridine rings is 1. The van der Waals surface area contributed by atoms with E-state index >= 15 is 0 Å². The van der Waals surface area contributed by atoms with Crippen LogP contribution in [0.4, 0.5) is 5.69 Å². The van der Waals surface area contributed by atoms with Crippen molar-refractivity contribution in [1.29, 1.82) is 0 Å². The molecule has 88 valence electrons. The van der Waals surface area contributed by atoms with Crippen LogP contribution in [0.25, 0.3) is 0 Å². The molecule has 1 heterocycles. The molecule has 2 nitrogen and oxygen atoms in total. The Balaban J connectivity index is 2.10. The molecule has 0 fully saturated rings. The van der Waals surface area contributed by atoms with Gasteiger partial charge in [0, 0.05) is 29.5 Å². The molecule has 0 unspecified atom stereocenters. The zero-order valence-electron chi connectivity index (χ0n) is 10.1. The molecule has 0 saturated carbocycles. The summed E-state index contributed by atoms with van der Waals surface area (Å²) in [5, 5.41) is 3.46. The van der Waals surface area contributed by atoms with E-state index in [1.54, 1.807) is 11.8 Å². The van der Waals surface area contributed by atoms with Crippen LogP contribution < -0.4 is 5.32 Å². The second kappa shape index (κ2) is 5.73. The van der Waals surface area contributed by atoms with Crippen LogP contribution >= 0.6 is 11.8 Å². The summed E-state index contributed by atoms with van der Waals surface area (Å²) in [6.45, 7) is 2.93. The lowest BCUT2D eigenvalue weighted by Crippen LogP contribution is -2.02. The summed E-state index contributed by atoms with van der Waals surface area (Å²) >= 11 is 1.76. The number of hydrogen-bond acceptors (Lipinski definition) is 3. The first kappa shape index (κ1) is 12.0. The predicted octanol–water partition coefficient (Wildman–Crippen LogP) is 3.72. The monoisotopic (exact) mass is 244 g/mol. The molecule has 1 N–H and O–H groups in total. The summed E-state index contributed by atoms with van der Waals surface area (Å²) in [5.74, 6) is 0. The number of para-hydroxylation sites is 1. The van der Waals surface area contributed by atoms with Crippen LogP contribution in [0.3, 0.4) is 0 Å². The Morgan fingerprint density at radius 1 is 1.24 bits per heavy atom. The molecule has 0 saturated heterocycles. The largest absolute Gasteiger partial charge is 0.380 e. The van der Waals surface area contributed by atoms with E-state index in [2.05, 4.69) is 47.7 Å². The highest BCUT2D eigenvalue weighted by atomic mass is 32.2. The van der Waals surface area contributed by atoms with E-state index in [9.17, 15) is 0 Å². The van der Waals surface area contributed by atoms with Crippen molar-refractivity contribution in [1.82, 2.24) is 4.98 Å². The Kier molecular flexibility index (Phi) is 4.04. The standard InChI is InChI=1S/C14H16N2S/c1-11-7-8-15-9-12(11)10-16-13-5-3-4-6-14(13)17-2/h3-9,16H,10H2,1-2H3. The Labute approximate surface area is 106 Å². The van der Waals surface area contributed by atoms with Crippen LogP contribution in [0, 0.1) is 6.92 Å². The minimum atomic E-state index is 0.817. The molecule has 0 radical (unpaired) electrons. The van der Waals surface area contributed by atoms with Gasteiger partial charge < -0.3 is 5.32 Å². The first-order valence-electron chi connectivity index (χ1n) is 5.57. The summed E-state index contributed by atoms with van der Waals surface area (Å²) in [5.41, 5.74) is 3.70. The maximum absolute atomic E-state index is 4.16. The quantitative estimate of drug-likeness (QED) is 0.830. The number of thioether (sulfide) groups is 1. The molecule has 3 heteroatoms. The van der Waals surface area contributed by atoms with Crippen molar-refractivity contribution in [2.24, 2.45) is 0 Å². The minimum Gasteiger partial charge on any atom is -0.380 e. The van der Waals surface area contributed by atoms with Crippen LogP contribution in [0.15, 0.2) is 47.6 Å². The number of nitrogens with one attached hydrogen (secondary N) is 1. The van der Waals surface area contributed by atoms with Gasteiger partial charge in [-0.2, -0.15) is 0 Å². The van der Waals surface area contributed by atoms with E-state index in [-0.39, 0.29) is 0 Å². The number of aromatic nitrogens is 1. The lowest BCUT2D eigenvalue weighted by atomic mass is 10.1. The van der Waals surface area contributed by atoms with Crippen LogP contribution in [0.2, 0.25) is 0 Å². The first-order valence-corrected chi connectivity index (χ1v) is 6.80. The summed E-state index contributed by atoms with van der Waals surface area (Å²) in [6.07, 6.45) is 5.84. The Morgan fingerprint density at radius 3 is 2.82 bits per heavy atom. The van der Waals surface area contributed by atoms with Crippen molar-refractivity contribution in [3.8, 4) is 0 Å². The van der Waals surface area contributed by atoms with Gasteiger partial charge in [-0.25, -0.2) is 0 Å². The van der Waals surface area contributed by atoms with Crippen molar-refractivity contribution in [2.75, 3.05) is 11.6 Å². The minimum absolute atomic E-state index is 0.817. The van der Waals surface area contributed by atoms with Crippen molar-refractivity contribution in [3.05, 3.63) is 53.9 Å². The van der Waals surface area contributed by atoms with Crippen molar-refractivity contribution in [2.45, 2.75) is 18.4 Å². The fraction of sp³-hybridized carbons (Fsp3) is 0.214. The highest BCUT2D eigenvalue weighted by Gasteiger charge is 2.01. The lowest BCUT2D eigenvalue weighted by Gasteiger charge is -2.11. The van der Waals surface area contributed by atoms with Gasteiger partial charge in [-0.15, -0.1) is 11.8 Å². The number of nitrogens with zero attached hydrogens (tertiary/aromatic N) is 1. The van der Waals surface area contributed by atoms with Gasteiger partial charge in [-0.05, 0) is 42.5 Å². The fourth-order valence-corrected chi connectivity index (χ4v) is 2.24. The SMILES string of the molecule is CSc1ccccc1NCc1cnccc1C. The number of benzene rings is 1. The molecule has 2 rings (SSSR count).